The number of carbonyl (C=O) groups is 1. The number of nitrogens with one attached hydrogen (secondary N) is 2. The number of nitrogens with zero attached hydrogens (tertiary/aromatic N) is 5. The van der Waals surface area contributed by atoms with Crippen LogP contribution >= 0.6 is 15.9 Å². The first-order chi connectivity index (χ1) is 16.4. The summed E-state index contributed by atoms with van der Waals surface area (Å²) in [5.41, 5.74) is 3.57. The van der Waals surface area contributed by atoms with Gasteiger partial charge in [0.05, 0.1) is 9.85 Å². The number of amides is 1. The monoisotopic (exact) mass is 525 g/mol. The summed E-state index contributed by atoms with van der Waals surface area (Å²) in [6.07, 6.45) is 2.54. The number of hydrazine groups is 1. The largest absolute Gasteiger partial charge is 0.431 e. The molecule has 2 aromatic heterocycles. The van der Waals surface area contributed by atoms with Crippen LogP contribution in [-0.4, -0.2) is 30.7 Å². The number of para-hydroxylation sites is 1. The second-order valence-corrected chi connectivity index (χ2v) is 7.39. The summed E-state index contributed by atoms with van der Waals surface area (Å²) in [6.45, 7) is 0. The summed E-state index contributed by atoms with van der Waals surface area (Å²) in [5, 5.41) is 23.7. The summed E-state index contributed by atoms with van der Waals surface area (Å²) < 4.78 is 6.45. The van der Waals surface area contributed by atoms with Crippen molar-refractivity contribution in [2.24, 2.45) is 0 Å². The fourth-order valence-corrected chi connectivity index (χ4v) is 3.45. The molecule has 0 saturated heterocycles. The molecule has 2 N–H and O–H groups in total. The van der Waals surface area contributed by atoms with Crippen LogP contribution < -0.4 is 15.6 Å². The van der Waals surface area contributed by atoms with E-state index in [9.17, 15) is 25.0 Å². The maximum atomic E-state index is 12.4. The van der Waals surface area contributed by atoms with Crippen LogP contribution in [0.15, 0.2) is 65.5 Å². The lowest BCUT2D eigenvalue weighted by atomic mass is 10.2. The number of nitro groups is 2. The lowest BCUT2D eigenvalue weighted by Gasteiger charge is -2.11. The van der Waals surface area contributed by atoms with E-state index in [4.69, 9.17) is 4.74 Å². The fourth-order valence-electron chi connectivity index (χ4n) is 3.00. The third kappa shape index (κ3) is 4.42. The van der Waals surface area contributed by atoms with E-state index in [0.717, 1.165) is 16.9 Å². The topological polar surface area (TPSA) is 175 Å². The van der Waals surface area contributed by atoms with Crippen LogP contribution in [0.25, 0.3) is 10.9 Å². The minimum absolute atomic E-state index is 0.204. The van der Waals surface area contributed by atoms with Crippen LogP contribution in [0.1, 0.15) is 10.4 Å². The summed E-state index contributed by atoms with van der Waals surface area (Å²) in [6, 6.07) is 12.0. The molecule has 2 heterocycles. The van der Waals surface area contributed by atoms with Gasteiger partial charge in [0.2, 0.25) is 5.82 Å². The summed E-state index contributed by atoms with van der Waals surface area (Å²) in [5.74, 6) is -1.49. The van der Waals surface area contributed by atoms with Gasteiger partial charge in [-0.15, -0.1) is 0 Å². The minimum atomic E-state index is -0.897. The highest BCUT2D eigenvalue weighted by Gasteiger charge is 2.27. The quantitative estimate of drug-likeness (QED) is 0.263. The first-order valence-corrected chi connectivity index (χ1v) is 10.2. The van der Waals surface area contributed by atoms with Gasteiger partial charge >= 0.3 is 11.6 Å². The number of aromatic nitrogens is 3. The lowest BCUT2D eigenvalue weighted by Crippen LogP contribution is -2.30. The van der Waals surface area contributed by atoms with Gasteiger partial charge in [0.1, 0.15) is 17.4 Å². The van der Waals surface area contributed by atoms with Crippen molar-refractivity contribution in [1.29, 1.82) is 0 Å². The van der Waals surface area contributed by atoms with Crippen molar-refractivity contribution in [2.45, 2.75) is 0 Å². The van der Waals surface area contributed by atoms with Crippen molar-refractivity contribution in [3.05, 3.63) is 91.3 Å². The first kappa shape index (κ1) is 22.5. The number of fused-ring (bicyclic) bond motifs is 1. The SMILES string of the molecule is O=C(NNc1ncnc(Oc2ccc(Br)c3cccnc23)c1[N+](=O)[O-])c1ccccc1[N+](=O)[O-]. The normalized spacial score (nSPS) is 10.5. The molecule has 0 saturated carbocycles. The number of rotatable bonds is 7. The van der Waals surface area contributed by atoms with Crippen LogP contribution in [0.4, 0.5) is 17.2 Å². The number of hydrogen-bond acceptors (Lipinski definition) is 10. The molecule has 13 nitrogen and oxygen atoms in total. The molecule has 0 aliphatic heterocycles. The number of ether oxygens (including phenoxy) is 1. The summed E-state index contributed by atoms with van der Waals surface area (Å²) in [7, 11) is 0. The maximum Gasteiger partial charge on any atom is 0.374 e. The zero-order valence-corrected chi connectivity index (χ0v) is 18.4. The highest BCUT2D eigenvalue weighted by atomic mass is 79.9. The number of carbonyl (C=O) groups excluding carboxylic acids is 1. The molecule has 2 aromatic carbocycles. The molecule has 0 radical (unpaired) electrons. The van der Waals surface area contributed by atoms with Gasteiger partial charge < -0.3 is 4.74 Å². The molecule has 0 aliphatic rings. The Morgan fingerprint density at radius 1 is 0.971 bits per heavy atom. The van der Waals surface area contributed by atoms with E-state index in [-0.39, 0.29) is 11.3 Å². The number of pyridine rings is 1. The highest BCUT2D eigenvalue weighted by Crippen LogP contribution is 2.37. The molecular formula is C20H12BrN7O6. The first-order valence-electron chi connectivity index (χ1n) is 9.37. The molecule has 4 rings (SSSR count). The fraction of sp³-hybridized carbons (Fsp3) is 0. The van der Waals surface area contributed by atoms with Gasteiger partial charge in [0, 0.05) is 22.1 Å². The van der Waals surface area contributed by atoms with E-state index in [0.29, 0.717) is 10.9 Å². The van der Waals surface area contributed by atoms with Crippen LogP contribution in [-0.2, 0) is 0 Å². The minimum Gasteiger partial charge on any atom is -0.431 e. The van der Waals surface area contributed by atoms with Gasteiger partial charge in [-0.3, -0.25) is 40.9 Å². The second kappa shape index (κ2) is 9.41. The molecule has 0 spiro atoms. The Balaban J connectivity index is 1.64. The molecule has 34 heavy (non-hydrogen) atoms. The van der Waals surface area contributed by atoms with Gasteiger partial charge in [-0.2, -0.15) is 4.98 Å². The van der Waals surface area contributed by atoms with Gasteiger partial charge in [-0.25, -0.2) is 4.98 Å². The molecule has 4 aromatic rings. The van der Waals surface area contributed by atoms with Crippen LogP contribution in [0, 0.1) is 20.2 Å². The Kier molecular flexibility index (Phi) is 6.22. The third-order valence-electron chi connectivity index (χ3n) is 4.50. The van der Waals surface area contributed by atoms with Crippen molar-refractivity contribution in [1.82, 2.24) is 20.4 Å². The average Bonchev–Trinajstić information content (AvgIpc) is 2.84. The number of nitro benzene ring substituents is 1. The Morgan fingerprint density at radius 2 is 1.76 bits per heavy atom. The predicted molar refractivity (Wildman–Crippen MR) is 122 cm³/mol. The highest BCUT2D eigenvalue weighted by molar-refractivity contribution is 9.10. The number of halogens is 1. The second-order valence-electron chi connectivity index (χ2n) is 6.53. The molecule has 0 bridgehead atoms. The number of anilines is 1. The zero-order chi connectivity index (χ0) is 24.2. The Morgan fingerprint density at radius 3 is 2.53 bits per heavy atom. The average molecular weight is 526 g/mol. The standard InChI is InChI=1S/C20H12BrN7O6/c21-13-7-8-15(16-11(13)5-3-9-22-16)34-20-17(28(32)33)18(23-10-24-20)25-26-19(29)12-4-1-2-6-14(12)27(30)31/h1-10H,(H,26,29)(H,23,24,25). The number of benzene rings is 2. The van der Waals surface area contributed by atoms with E-state index < -0.39 is 38.8 Å². The molecule has 1 amide bonds. The van der Waals surface area contributed by atoms with Crippen LogP contribution in [0.5, 0.6) is 11.6 Å². The summed E-state index contributed by atoms with van der Waals surface area (Å²) >= 11 is 3.41. The van der Waals surface area contributed by atoms with E-state index in [1.165, 1.54) is 18.2 Å². The molecule has 170 valence electrons. The molecule has 0 aliphatic carbocycles. The van der Waals surface area contributed by atoms with Crippen molar-refractivity contribution in [3.8, 4) is 11.6 Å². The Labute approximate surface area is 198 Å². The van der Waals surface area contributed by atoms with Gasteiger partial charge in [-0.1, -0.05) is 34.1 Å². The van der Waals surface area contributed by atoms with E-state index >= 15 is 0 Å². The molecular weight excluding hydrogens is 514 g/mol. The van der Waals surface area contributed by atoms with E-state index in [1.54, 1.807) is 30.5 Å². The van der Waals surface area contributed by atoms with Gasteiger partial charge in [0.15, 0.2) is 5.75 Å². The van der Waals surface area contributed by atoms with Crippen LogP contribution in [0.2, 0.25) is 0 Å². The molecule has 0 atom stereocenters. The Bertz CT molecular complexity index is 1450. The molecule has 0 unspecified atom stereocenters. The van der Waals surface area contributed by atoms with Crippen molar-refractivity contribution < 1.29 is 19.4 Å². The smallest absolute Gasteiger partial charge is 0.374 e. The zero-order valence-electron chi connectivity index (χ0n) is 16.8. The predicted octanol–water partition coefficient (Wildman–Crippen LogP) is 4.15. The molecule has 0 fully saturated rings. The lowest BCUT2D eigenvalue weighted by molar-refractivity contribution is -0.385. The van der Waals surface area contributed by atoms with Crippen molar-refractivity contribution in [3.63, 3.8) is 0 Å². The van der Waals surface area contributed by atoms with Crippen molar-refractivity contribution >= 4 is 49.9 Å². The molecule has 14 heteroatoms. The van der Waals surface area contributed by atoms with Crippen LogP contribution in [0.3, 0.4) is 0 Å². The third-order valence-corrected chi connectivity index (χ3v) is 5.19. The van der Waals surface area contributed by atoms with E-state index in [2.05, 4.69) is 41.7 Å². The number of hydrogen-bond donors (Lipinski definition) is 2. The van der Waals surface area contributed by atoms with Gasteiger partial charge in [0.25, 0.3) is 11.6 Å². The van der Waals surface area contributed by atoms with Gasteiger partial charge in [-0.05, 0) is 24.3 Å². The van der Waals surface area contributed by atoms with E-state index in [1.807, 2.05) is 0 Å². The maximum absolute atomic E-state index is 12.4. The Hall–Kier alpha value is -4.72. The van der Waals surface area contributed by atoms with Crippen molar-refractivity contribution in [2.75, 3.05) is 5.43 Å². The summed E-state index contributed by atoms with van der Waals surface area (Å²) in [4.78, 5) is 45.8.